The van der Waals surface area contributed by atoms with Crippen LogP contribution in [0.15, 0.2) is 18.2 Å². The second-order valence-electron chi connectivity index (χ2n) is 4.27. The van der Waals surface area contributed by atoms with Gasteiger partial charge >= 0.3 is 0 Å². The summed E-state index contributed by atoms with van der Waals surface area (Å²) >= 11 is 3.43. The molecule has 18 heavy (non-hydrogen) atoms. The van der Waals surface area contributed by atoms with Gasteiger partial charge in [0.1, 0.15) is 11.5 Å². The van der Waals surface area contributed by atoms with Crippen molar-refractivity contribution in [2.45, 2.75) is 6.42 Å². The third-order valence-corrected chi connectivity index (χ3v) is 4.02. The number of alkyl halides is 1. The topological polar surface area (TPSA) is 38.8 Å². The molecule has 0 aliphatic carbocycles. The molecule has 0 N–H and O–H groups in total. The van der Waals surface area contributed by atoms with Gasteiger partial charge in [0.25, 0.3) is 0 Å². The van der Waals surface area contributed by atoms with Crippen LogP contribution in [0.4, 0.5) is 5.69 Å². The van der Waals surface area contributed by atoms with Crippen LogP contribution >= 0.6 is 15.9 Å². The van der Waals surface area contributed by atoms with Gasteiger partial charge < -0.3 is 14.4 Å². The lowest BCUT2D eigenvalue weighted by molar-refractivity contribution is -0.117. The molecule has 0 saturated carbocycles. The van der Waals surface area contributed by atoms with Gasteiger partial charge in [0.05, 0.1) is 19.9 Å². The molecule has 1 atom stereocenters. The van der Waals surface area contributed by atoms with Gasteiger partial charge in [-0.25, -0.2) is 0 Å². The number of hydrogen-bond donors (Lipinski definition) is 0. The number of halogens is 1. The Morgan fingerprint density at radius 2 is 2.17 bits per heavy atom. The number of rotatable bonds is 4. The molecule has 1 fully saturated rings. The van der Waals surface area contributed by atoms with Crippen molar-refractivity contribution in [1.29, 1.82) is 0 Å². The number of hydrogen-bond acceptors (Lipinski definition) is 3. The van der Waals surface area contributed by atoms with E-state index in [2.05, 4.69) is 15.9 Å². The number of carbonyl (C=O) groups is 1. The smallest absolute Gasteiger partial charge is 0.227 e. The predicted molar refractivity (Wildman–Crippen MR) is 73.8 cm³/mol. The highest BCUT2D eigenvalue weighted by atomic mass is 79.9. The lowest BCUT2D eigenvalue weighted by Gasteiger charge is -2.20. The molecule has 98 valence electrons. The molecule has 1 saturated heterocycles. The number of benzene rings is 1. The Balaban J connectivity index is 2.34. The van der Waals surface area contributed by atoms with Crippen molar-refractivity contribution in [1.82, 2.24) is 0 Å². The first-order chi connectivity index (χ1) is 8.69. The standard InChI is InChI=1S/C13H16BrNO3/c1-17-10-3-4-12(18-2)11(6-10)15-8-9(7-14)5-13(15)16/h3-4,6,9H,5,7-8H2,1-2H3. The van der Waals surface area contributed by atoms with Gasteiger partial charge in [-0.05, 0) is 18.1 Å². The van der Waals surface area contributed by atoms with E-state index in [4.69, 9.17) is 9.47 Å². The number of amides is 1. The summed E-state index contributed by atoms with van der Waals surface area (Å²) in [6.07, 6.45) is 0.575. The third kappa shape index (κ3) is 2.46. The van der Waals surface area contributed by atoms with Crippen molar-refractivity contribution >= 4 is 27.5 Å². The highest BCUT2D eigenvalue weighted by Crippen LogP contribution is 2.36. The van der Waals surface area contributed by atoms with Crippen molar-refractivity contribution in [3.05, 3.63) is 18.2 Å². The van der Waals surface area contributed by atoms with Gasteiger partial charge in [0, 0.05) is 24.4 Å². The Hall–Kier alpha value is -1.23. The number of nitrogens with zero attached hydrogens (tertiary/aromatic N) is 1. The second-order valence-corrected chi connectivity index (χ2v) is 4.91. The Bertz CT molecular complexity index is 450. The first kappa shape index (κ1) is 13.2. The summed E-state index contributed by atoms with van der Waals surface area (Å²) in [4.78, 5) is 13.8. The molecule has 0 radical (unpaired) electrons. The molecule has 0 aromatic heterocycles. The number of anilines is 1. The van der Waals surface area contributed by atoms with Crippen LogP contribution in [0, 0.1) is 5.92 Å². The SMILES string of the molecule is COc1ccc(OC)c(N2CC(CBr)CC2=O)c1. The molecule has 1 unspecified atom stereocenters. The maximum Gasteiger partial charge on any atom is 0.227 e. The zero-order chi connectivity index (χ0) is 13.1. The molecule has 0 spiro atoms. The fourth-order valence-electron chi connectivity index (χ4n) is 2.13. The highest BCUT2D eigenvalue weighted by Gasteiger charge is 2.31. The van der Waals surface area contributed by atoms with Crippen LogP contribution in [0.1, 0.15) is 6.42 Å². The monoisotopic (exact) mass is 313 g/mol. The minimum absolute atomic E-state index is 0.131. The average molecular weight is 314 g/mol. The Morgan fingerprint density at radius 3 is 2.72 bits per heavy atom. The quantitative estimate of drug-likeness (QED) is 0.801. The van der Waals surface area contributed by atoms with E-state index in [0.29, 0.717) is 24.6 Å². The summed E-state index contributed by atoms with van der Waals surface area (Å²) in [5, 5.41) is 0.835. The fraction of sp³-hybridized carbons (Fsp3) is 0.462. The molecule has 0 bridgehead atoms. The molecule has 2 rings (SSSR count). The summed E-state index contributed by atoms with van der Waals surface area (Å²) in [7, 11) is 3.21. The van der Waals surface area contributed by atoms with E-state index in [1.165, 1.54) is 0 Å². The minimum atomic E-state index is 0.131. The third-order valence-electron chi connectivity index (χ3n) is 3.10. The largest absolute Gasteiger partial charge is 0.497 e. The summed E-state index contributed by atoms with van der Waals surface area (Å²) in [5.41, 5.74) is 0.783. The number of ether oxygens (including phenoxy) is 2. The molecule has 1 aromatic rings. The van der Waals surface area contributed by atoms with Crippen LogP contribution in [-0.2, 0) is 4.79 Å². The molecule has 1 aliphatic heterocycles. The molecule has 1 aliphatic rings. The van der Waals surface area contributed by atoms with Gasteiger partial charge in [-0.1, -0.05) is 15.9 Å². The molecule has 1 aromatic carbocycles. The van der Waals surface area contributed by atoms with E-state index in [1.807, 2.05) is 18.2 Å². The van der Waals surface area contributed by atoms with Crippen LogP contribution in [0.25, 0.3) is 0 Å². The van der Waals surface area contributed by atoms with E-state index in [-0.39, 0.29) is 5.91 Å². The van der Waals surface area contributed by atoms with E-state index >= 15 is 0 Å². The summed E-state index contributed by atoms with van der Waals surface area (Å²) in [6, 6.07) is 5.49. The summed E-state index contributed by atoms with van der Waals surface area (Å²) in [6.45, 7) is 0.716. The lowest BCUT2D eigenvalue weighted by atomic mass is 10.2. The molecule has 5 heteroatoms. The predicted octanol–water partition coefficient (Wildman–Crippen LogP) is 2.45. The minimum Gasteiger partial charge on any atom is -0.497 e. The van der Waals surface area contributed by atoms with E-state index in [1.54, 1.807) is 19.1 Å². The fourth-order valence-corrected chi connectivity index (χ4v) is 2.56. The maximum absolute atomic E-state index is 12.0. The first-order valence-electron chi connectivity index (χ1n) is 5.78. The van der Waals surface area contributed by atoms with Crippen molar-refractivity contribution in [3.63, 3.8) is 0 Å². The van der Waals surface area contributed by atoms with Gasteiger partial charge in [-0.3, -0.25) is 4.79 Å². The van der Waals surface area contributed by atoms with E-state index in [9.17, 15) is 4.79 Å². The number of carbonyl (C=O) groups excluding carboxylic acids is 1. The summed E-state index contributed by atoms with van der Waals surface area (Å²) < 4.78 is 10.5. The molecular formula is C13H16BrNO3. The highest BCUT2D eigenvalue weighted by molar-refractivity contribution is 9.09. The van der Waals surface area contributed by atoms with Crippen molar-refractivity contribution in [2.24, 2.45) is 5.92 Å². The molecule has 1 heterocycles. The Kier molecular flexibility index (Phi) is 4.11. The van der Waals surface area contributed by atoms with Crippen LogP contribution in [0.3, 0.4) is 0 Å². The summed E-state index contributed by atoms with van der Waals surface area (Å²) in [5.74, 6) is 1.90. The number of methoxy groups -OCH3 is 2. The Morgan fingerprint density at radius 1 is 1.39 bits per heavy atom. The van der Waals surface area contributed by atoms with Gasteiger partial charge in [0.2, 0.25) is 5.91 Å². The molecular weight excluding hydrogens is 298 g/mol. The normalized spacial score (nSPS) is 19.2. The van der Waals surface area contributed by atoms with Crippen molar-refractivity contribution in [2.75, 3.05) is 31.0 Å². The van der Waals surface area contributed by atoms with Gasteiger partial charge in [-0.2, -0.15) is 0 Å². The lowest BCUT2D eigenvalue weighted by Crippen LogP contribution is -2.25. The first-order valence-corrected chi connectivity index (χ1v) is 6.90. The van der Waals surface area contributed by atoms with Crippen LogP contribution in [0.5, 0.6) is 11.5 Å². The van der Waals surface area contributed by atoms with E-state index < -0.39 is 0 Å². The van der Waals surface area contributed by atoms with Crippen LogP contribution < -0.4 is 14.4 Å². The van der Waals surface area contributed by atoms with E-state index in [0.717, 1.165) is 16.8 Å². The van der Waals surface area contributed by atoms with Crippen LogP contribution in [0.2, 0.25) is 0 Å². The Labute approximate surface area is 115 Å². The van der Waals surface area contributed by atoms with Gasteiger partial charge in [0.15, 0.2) is 0 Å². The van der Waals surface area contributed by atoms with Crippen molar-refractivity contribution < 1.29 is 14.3 Å². The van der Waals surface area contributed by atoms with Gasteiger partial charge in [-0.15, -0.1) is 0 Å². The second kappa shape index (κ2) is 5.61. The molecule has 1 amide bonds. The maximum atomic E-state index is 12.0. The van der Waals surface area contributed by atoms with Crippen LogP contribution in [-0.4, -0.2) is 32.0 Å². The average Bonchev–Trinajstić information content (AvgIpc) is 2.79. The zero-order valence-corrected chi connectivity index (χ0v) is 12.1. The molecule has 4 nitrogen and oxygen atoms in total. The van der Waals surface area contributed by atoms with Crippen molar-refractivity contribution in [3.8, 4) is 11.5 Å². The zero-order valence-electron chi connectivity index (χ0n) is 10.5.